The average molecular weight is 437 g/mol. The summed E-state index contributed by atoms with van der Waals surface area (Å²) in [5, 5.41) is 13.8. The number of nitrogens with zero attached hydrogens (tertiary/aromatic N) is 2. The van der Waals surface area contributed by atoms with E-state index in [1.165, 1.54) is 19.3 Å². The molecule has 4 aliphatic rings. The Labute approximate surface area is 185 Å². The number of urea groups is 1. The highest BCUT2D eigenvalue weighted by atomic mass is 16.3. The zero-order chi connectivity index (χ0) is 22.6. The van der Waals surface area contributed by atoms with Gasteiger partial charge in [-0.15, -0.1) is 0 Å². The average Bonchev–Trinajstić information content (AvgIpc) is 2.68. The van der Waals surface area contributed by atoms with Gasteiger partial charge in [0.05, 0.1) is 11.9 Å². The van der Waals surface area contributed by atoms with Crippen molar-refractivity contribution in [2.24, 2.45) is 22.7 Å². The molecule has 0 unspecified atom stereocenters. The Kier molecular flexibility index (Phi) is 4.83. The van der Waals surface area contributed by atoms with Gasteiger partial charge in [-0.2, -0.15) is 0 Å². The van der Waals surface area contributed by atoms with E-state index in [9.17, 15) is 19.5 Å². The molecule has 1 heterocycles. The molecule has 2 aromatic rings. The summed E-state index contributed by atoms with van der Waals surface area (Å²) in [5.41, 5.74) is 0.405. The number of carbonyl (C=O) groups is 1. The summed E-state index contributed by atoms with van der Waals surface area (Å²) in [4.78, 5) is 43.5. The molecule has 4 bridgehead atoms. The first-order valence-corrected chi connectivity index (χ1v) is 11.3. The van der Waals surface area contributed by atoms with Crippen molar-refractivity contribution in [3.05, 3.63) is 55.7 Å². The molecule has 4 fully saturated rings. The molecular weight excluding hydrogens is 408 g/mol. The summed E-state index contributed by atoms with van der Waals surface area (Å²) < 4.78 is 1.01. The number of aromatic nitrogens is 2. The molecule has 0 atom stereocenters. The molecule has 4 saturated carbocycles. The number of aliphatic imine (C=N–C) groups is 1. The topological polar surface area (TPSA) is 117 Å². The maximum absolute atomic E-state index is 12.7. The summed E-state index contributed by atoms with van der Waals surface area (Å²) >= 11 is 0. The predicted octanol–water partition coefficient (Wildman–Crippen LogP) is 2.95. The lowest BCUT2D eigenvalue weighted by atomic mass is 9.53. The molecule has 1 aromatic heterocycles. The number of carbonyl (C=O) groups excluding carboxylic acids is 1. The van der Waals surface area contributed by atoms with Crippen molar-refractivity contribution in [2.45, 2.75) is 57.9 Å². The molecular formula is C24H28N4O4. The third-order valence-corrected chi connectivity index (χ3v) is 7.59. The number of benzene rings is 1. The minimum atomic E-state index is -0.793. The van der Waals surface area contributed by atoms with E-state index in [-0.39, 0.29) is 11.1 Å². The fraction of sp³-hybridized carbons (Fsp3) is 0.500. The fourth-order valence-corrected chi connectivity index (χ4v) is 6.41. The second-order valence-corrected chi connectivity index (χ2v) is 9.99. The number of aromatic hydroxyl groups is 1. The van der Waals surface area contributed by atoms with E-state index in [4.69, 9.17) is 0 Å². The first-order valence-electron chi connectivity index (χ1n) is 11.3. The van der Waals surface area contributed by atoms with Crippen LogP contribution in [0, 0.1) is 31.6 Å². The Morgan fingerprint density at radius 2 is 1.75 bits per heavy atom. The number of rotatable bonds is 3. The van der Waals surface area contributed by atoms with E-state index in [0.717, 1.165) is 41.2 Å². The van der Waals surface area contributed by atoms with E-state index in [1.54, 1.807) is 12.1 Å². The predicted molar refractivity (Wildman–Crippen MR) is 121 cm³/mol. The van der Waals surface area contributed by atoms with Crippen molar-refractivity contribution in [3.63, 3.8) is 0 Å². The van der Waals surface area contributed by atoms with Crippen molar-refractivity contribution >= 4 is 12.2 Å². The van der Waals surface area contributed by atoms with Gasteiger partial charge in [0, 0.05) is 5.54 Å². The normalized spacial score (nSPS) is 28.4. The van der Waals surface area contributed by atoms with Gasteiger partial charge in [-0.3, -0.25) is 9.78 Å². The third-order valence-electron chi connectivity index (χ3n) is 7.59. The molecule has 2 amide bonds. The summed E-state index contributed by atoms with van der Waals surface area (Å²) in [6, 6.07) is 4.74. The number of nitrogens with one attached hydrogen (secondary N) is 2. The lowest BCUT2D eigenvalue weighted by Gasteiger charge is -2.56. The molecule has 0 saturated heterocycles. The van der Waals surface area contributed by atoms with Crippen LogP contribution in [0.3, 0.4) is 0 Å². The van der Waals surface area contributed by atoms with Crippen LogP contribution in [0.5, 0.6) is 5.88 Å². The number of hydrogen-bond acceptors (Lipinski definition) is 4. The SMILES string of the molecule is Cc1ccc(-n2c(O)c(/C=N/C(=O)NC34CC5CC(CC(C5)C3)C4)c(=O)[nH]c2=O)cc1C. The maximum atomic E-state index is 12.7. The van der Waals surface area contributed by atoms with Gasteiger partial charge < -0.3 is 10.4 Å². The zero-order valence-corrected chi connectivity index (χ0v) is 18.4. The monoisotopic (exact) mass is 436 g/mol. The molecule has 32 heavy (non-hydrogen) atoms. The zero-order valence-electron chi connectivity index (χ0n) is 18.4. The second kappa shape index (κ2) is 7.46. The summed E-state index contributed by atoms with van der Waals surface area (Å²) in [7, 11) is 0. The van der Waals surface area contributed by atoms with E-state index in [1.807, 2.05) is 19.9 Å². The largest absolute Gasteiger partial charge is 0.493 e. The summed E-state index contributed by atoms with van der Waals surface area (Å²) in [5.74, 6) is 1.49. The molecule has 1 aromatic carbocycles. The maximum Gasteiger partial charge on any atom is 0.341 e. The van der Waals surface area contributed by atoms with Gasteiger partial charge in [-0.05, 0) is 93.4 Å². The lowest BCUT2D eigenvalue weighted by Crippen LogP contribution is -2.59. The number of hydrogen-bond donors (Lipinski definition) is 3. The van der Waals surface area contributed by atoms with E-state index in [0.29, 0.717) is 23.4 Å². The molecule has 168 valence electrons. The van der Waals surface area contributed by atoms with Crippen LogP contribution in [0.4, 0.5) is 4.79 Å². The number of amides is 2. The summed E-state index contributed by atoms with van der Waals surface area (Å²) in [6.45, 7) is 3.83. The summed E-state index contributed by atoms with van der Waals surface area (Å²) in [6.07, 6.45) is 7.81. The molecule has 4 aliphatic carbocycles. The number of aryl methyl sites for hydroxylation is 2. The first kappa shape index (κ1) is 20.7. The van der Waals surface area contributed by atoms with Crippen LogP contribution < -0.4 is 16.6 Å². The van der Waals surface area contributed by atoms with Gasteiger partial charge in [0.1, 0.15) is 5.56 Å². The fourth-order valence-electron chi connectivity index (χ4n) is 6.41. The Hall–Kier alpha value is -3.16. The van der Waals surface area contributed by atoms with Gasteiger partial charge in [-0.25, -0.2) is 19.1 Å². The molecule has 8 heteroatoms. The molecule has 0 radical (unpaired) electrons. The van der Waals surface area contributed by atoms with E-state index in [2.05, 4.69) is 15.3 Å². The van der Waals surface area contributed by atoms with Crippen molar-refractivity contribution in [1.82, 2.24) is 14.9 Å². The van der Waals surface area contributed by atoms with E-state index < -0.39 is 23.2 Å². The smallest absolute Gasteiger partial charge is 0.341 e. The number of H-pyrrole nitrogens is 1. The van der Waals surface area contributed by atoms with Crippen LogP contribution >= 0.6 is 0 Å². The highest BCUT2D eigenvalue weighted by Crippen LogP contribution is 2.55. The molecule has 3 N–H and O–H groups in total. The molecule has 0 aliphatic heterocycles. The van der Waals surface area contributed by atoms with Crippen LogP contribution in [0.1, 0.15) is 55.2 Å². The lowest BCUT2D eigenvalue weighted by molar-refractivity contribution is -0.0129. The highest BCUT2D eigenvalue weighted by Gasteiger charge is 2.51. The second-order valence-electron chi connectivity index (χ2n) is 9.99. The van der Waals surface area contributed by atoms with Crippen molar-refractivity contribution < 1.29 is 9.90 Å². The number of aromatic amines is 1. The standard InChI is InChI=1S/C24H28N4O4/c1-13-3-4-18(5-14(13)2)28-21(30)19(20(29)26-23(28)32)12-25-22(31)27-24-9-15-6-16(10-24)8-17(7-15)11-24/h3-5,12,15-17,30H,6-11H2,1-2H3,(H,27,31)(H,26,29,32)/b25-12+. The Bertz CT molecular complexity index is 1200. The Balaban J connectivity index is 1.41. The Morgan fingerprint density at radius 3 is 2.34 bits per heavy atom. The molecule has 8 nitrogen and oxygen atoms in total. The van der Waals surface area contributed by atoms with E-state index >= 15 is 0 Å². The quantitative estimate of drug-likeness (QED) is 0.642. The van der Waals surface area contributed by atoms with Gasteiger partial charge in [0.25, 0.3) is 5.56 Å². The minimum Gasteiger partial charge on any atom is -0.493 e. The van der Waals surface area contributed by atoms with Crippen LogP contribution in [-0.4, -0.2) is 32.4 Å². The van der Waals surface area contributed by atoms with Gasteiger partial charge in [-0.1, -0.05) is 6.07 Å². The van der Waals surface area contributed by atoms with Gasteiger partial charge >= 0.3 is 11.7 Å². The third kappa shape index (κ3) is 3.57. The minimum absolute atomic E-state index is 0.199. The first-order chi connectivity index (χ1) is 15.2. The van der Waals surface area contributed by atoms with Crippen LogP contribution in [-0.2, 0) is 0 Å². The van der Waals surface area contributed by atoms with Gasteiger partial charge in [0.15, 0.2) is 0 Å². The van der Waals surface area contributed by atoms with Crippen LogP contribution in [0.15, 0.2) is 32.8 Å². The highest BCUT2D eigenvalue weighted by molar-refractivity contribution is 5.92. The van der Waals surface area contributed by atoms with Crippen molar-refractivity contribution in [3.8, 4) is 11.6 Å². The van der Waals surface area contributed by atoms with Crippen molar-refractivity contribution in [1.29, 1.82) is 0 Å². The Morgan fingerprint density at radius 1 is 1.12 bits per heavy atom. The van der Waals surface area contributed by atoms with Crippen LogP contribution in [0.2, 0.25) is 0 Å². The molecule has 6 rings (SSSR count). The van der Waals surface area contributed by atoms with Crippen LogP contribution in [0.25, 0.3) is 5.69 Å². The molecule has 0 spiro atoms. The van der Waals surface area contributed by atoms with Crippen molar-refractivity contribution in [2.75, 3.05) is 0 Å². The van der Waals surface area contributed by atoms with Gasteiger partial charge in [0.2, 0.25) is 5.88 Å².